The highest BCUT2D eigenvalue weighted by molar-refractivity contribution is 8.27. The maximum Gasteiger partial charge on any atom is 0.283 e. The molecular formula is C27H26FN5O4S. The van der Waals surface area contributed by atoms with Gasteiger partial charge in [0.2, 0.25) is 11.1 Å². The van der Waals surface area contributed by atoms with Crippen molar-refractivity contribution in [1.82, 2.24) is 9.91 Å². The number of amides is 2. The normalized spacial score (nSPS) is 18.3. The number of hydrogen-bond acceptors (Lipinski definition) is 7. The molecule has 0 spiro atoms. The summed E-state index contributed by atoms with van der Waals surface area (Å²) in [4.78, 5) is 31.4. The highest BCUT2D eigenvalue weighted by Crippen LogP contribution is 2.32. The average molecular weight is 536 g/mol. The first-order chi connectivity index (χ1) is 18.4. The third kappa shape index (κ3) is 5.62. The molecule has 3 aliphatic rings. The van der Waals surface area contributed by atoms with Gasteiger partial charge in [0, 0.05) is 13.1 Å². The summed E-state index contributed by atoms with van der Waals surface area (Å²) in [5, 5.41) is 15.1. The largest absolute Gasteiger partial charge is 0.493 e. The van der Waals surface area contributed by atoms with Gasteiger partial charge in [0.1, 0.15) is 17.5 Å². The van der Waals surface area contributed by atoms with Crippen LogP contribution in [-0.4, -0.2) is 58.0 Å². The highest BCUT2D eigenvalue weighted by atomic mass is 32.2. The molecule has 11 heteroatoms. The molecule has 3 heterocycles. The van der Waals surface area contributed by atoms with E-state index < -0.39 is 5.91 Å². The molecule has 0 unspecified atom stereocenters. The molecule has 2 aromatic carbocycles. The van der Waals surface area contributed by atoms with E-state index in [1.807, 2.05) is 4.90 Å². The second-order valence-electron chi connectivity index (χ2n) is 8.96. The number of rotatable bonds is 7. The summed E-state index contributed by atoms with van der Waals surface area (Å²) < 4.78 is 24.4. The van der Waals surface area contributed by atoms with E-state index in [9.17, 15) is 14.0 Å². The van der Waals surface area contributed by atoms with Crippen molar-refractivity contribution in [3.05, 3.63) is 65.0 Å². The fourth-order valence-corrected chi connectivity index (χ4v) is 5.17. The SMILES string of the molecule is COc1cc(C=C2C(=N)N3N=C(CC(=O)N4CCCCC4)SC3=NC2=O)ccc1OCc1ccc(F)cc1. The van der Waals surface area contributed by atoms with E-state index in [0.29, 0.717) is 22.1 Å². The molecule has 9 nitrogen and oxygen atoms in total. The van der Waals surface area contributed by atoms with Crippen LogP contribution in [0.25, 0.3) is 6.08 Å². The lowest BCUT2D eigenvalue weighted by Gasteiger charge is -2.26. The number of hydrogen-bond donors (Lipinski definition) is 1. The number of ether oxygens (including phenoxy) is 2. The molecular weight excluding hydrogens is 509 g/mol. The molecule has 0 radical (unpaired) electrons. The lowest BCUT2D eigenvalue weighted by Crippen LogP contribution is -2.36. The van der Waals surface area contributed by atoms with Gasteiger partial charge in [-0.3, -0.25) is 15.0 Å². The minimum Gasteiger partial charge on any atom is -0.493 e. The molecule has 0 aliphatic carbocycles. The van der Waals surface area contributed by atoms with Gasteiger partial charge in [0.25, 0.3) is 5.91 Å². The van der Waals surface area contributed by atoms with Gasteiger partial charge in [-0.05, 0) is 72.5 Å². The smallest absolute Gasteiger partial charge is 0.283 e. The Kier molecular flexibility index (Phi) is 7.54. The number of fused-ring (bicyclic) bond motifs is 1. The van der Waals surface area contributed by atoms with Crippen molar-refractivity contribution in [2.75, 3.05) is 20.2 Å². The number of halogens is 1. The molecule has 38 heavy (non-hydrogen) atoms. The summed E-state index contributed by atoms with van der Waals surface area (Å²) in [6, 6.07) is 11.2. The van der Waals surface area contributed by atoms with Crippen LogP contribution < -0.4 is 9.47 Å². The molecule has 0 atom stereocenters. The fourth-order valence-electron chi connectivity index (χ4n) is 4.29. The van der Waals surface area contributed by atoms with E-state index in [4.69, 9.17) is 14.9 Å². The summed E-state index contributed by atoms with van der Waals surface area (Å²) in [7, 11) is 1.50. The van der Waals surface area contributed by atoms with Crippen molar-refractivity contribution in [1.29, 1.82) is 5.41 Å². The van der Waals surface area contributed by atoms with E-state index in [1.165, 1.54) is 24.3 Å². The topological polar surface area (TPSA) is 108 Å². The first-order valence-corrected chi connectivity index (χ1v) is 13.0. The Hall–Kier alpha value is -3.99. The number of thioether (sulfide) groups is 1. The van der Waals surface area contributed by atoms with Crippen LogP contribution in [0.15, 0.2) is 58.1 Å². The van der Waals surface area contributed by atoms with Crippen molar-refractivity contribution >= 4 is 45.7 Å². The van der Waals surface area contributed by atoms with Crippen LogP contribution >= 0.6 is 11.8 Å². The molecule has 1 saturated heterocycles. The van der Waals surface area contributed by atoms with E-state index in [-0.39, 0.29) is 41.3 Å². The van der Waals surface area contributed by atoms with Crippen molar-refractivity contribution in [3.8, 4) is 11.5 Å². The zero-order chi connectivity index (χ0) is 26.6. The minimum absolute atomic E-state index is 0.00106. The van der Waals surface area contributed by atoms with E-state index in [2.05, 4.69) is 10.1 Å². The monoisotopic (exact) mass is 535 g/mol. The number of nitrogens with one attached hydrogen (secondary N) is 1. The van der Waals surface area contributed by atoms with Crippen LogP contribution in [0.4, 0.5) is 4.39 Å². The zero-order valence-corrected chi connectivity index (χ0v) is 21.6. The Morgan fingerprint density at radius 2 is 1.89 bits per heavy atom. The van der Waals surface area contributed by atoms with Gasteiger partial charge < -0.3 is 14.4 Å². The van der Waals surface area contributed by atoms with Crippen LogP contribution in [0.3, 0.4) is 0 Å². The van der Waals surface area contributed by atoms with Crippen LogP contribution in [0.5, 0.6) is 11.5 Å². The summed E-state index contributed by atoms with van der Waals surface area (Å²) >= 11 is 1.15. The van der Waals surface area contributed by atoms with Crippen LogP contribution in [0, 0.1) is 11.2 Å². The second-order valence-corrected chi connectivity index (χ2v) is 10.00. The van der Waals surface area contributed by atoms with Crippen LogP contribution in [0.1, 0.15) is 36.8 Å². The Bertz CT molecular complexity index is 1370. The van der Waals surface area contributed by atoms with Gasteiger partial charge in [-0.1, -0.05) is 18.2 Å². The summed E-state index contributed by atoms with van der Waals surface area (Å²) in [6.07, 6.45) is 4.81. The number of methoxy groups -OCH3 is 1. The molecule has 196 valence electrons. The third-order valence-corrected chi connectivity index (χ3v) is 7.22. The minimum atomic E-state index is -0.553. The van der Waals surface area contributed by atoms with E-state index >= 15 is 0 Å². The number of carbonyl (C=O) groups excluding carboxylic acids is 2. The molecule has 2 aromatic rings. The molecule has 1 fully saturated rings. The van der Waals surface area contributed by atoms with Gasteiger partial charge in [-0.25, -0.2) is 4.39 Å². The molecule has 3 aliphatic heterocycles. The van der Waals surface area contributed by atoms with Crippen molar-refractivity contribution in [2.45, 2.75) is 32.3 Å². The average Bonchev–Trinajstić information content (AvgIpc) is 3.33. The van der Waals surface area contributed by atoms with Crippen LogP contribution in [-0.2, 0) is 16.2 Å². The lowest BCUT2D eigenvalue weighted by molar-refractivity contribution is -0.130. The second kappa shape index (κ2) is 11.2. The fraction of sp³-hybridized carbons (Fsp3) is 0.296. The molecule has 0 saturated carbocycles. The van der Waals surface area contributed by atoms with Crippen molar-refractivity contribution in [3.63, 3.8) is 0 Å². The number of aliphatic imine (C=N–C) groups is 1. The first kappa shape index (κ1) is 25.7. The Labute approximate surface area is 223 Å². The number of benzene rings is 2. The molecule has 0 aromatic heterocycles. The Morgan fingerprint density at radius 3 is 2.63 bits per heavy atom. The number of likely N-dealkylation sites (tertiary alicyclic amines) is 1. The first-order valence-electron chi connectivity index (χ1n) is 12.2. The predicted octanol–water partition coefficient (Wildman–Crippen LogP) is 4.44. The van der Waals surface area contributed by atoms with E-state index in [0.717, 1.165) is 49.7 Å². The molecule has 1 N–H and O–H groups in total. The molecule has 5 rings (SSSR count). The number of hydrazone groups is 1. The van der Waals surface area contributed by atoms with Gasteiger partial charge in [0.15, 0.2) is 17.3 Å². The number of carbonyl (C=O) groups is 2. The number of amidine groups is 2. The summed E-state index contributed by atoms with van der Waals surface area (Å²) in [5.41, 5.74) is 1.48. The van der Waals surface area contributed by atoms with E-state index in [1.54, 1.807) is 36.4 Å². The Balaban J connectivity index is 1.29. The van der Waals surface area contributed by atoms with Crippen molar-refractivity contribution in [2.24, 2.45) is 10.1 Å². The van der Waals surface area contributed by atoms with Crippen LogP contribution in [0.2, 0.25) is 0 Å². The lowest BCUT2D eigenvalue weighted by atomic mass is 10.1. The summed E-state index contributed by atoms with van der Waals surface area (Å²) in [5.74, 6) is -0.0597. The van der Waals surface area contributed by atoms with Crippen molar-refractivity contribution < 1.29 is 23.5 Å². The molecule has 2 amide bonds. The zero-order valence-electron chi connectivity index (χ0n) is 20.8. The van der Waals surface area contributed by atoms with Gasteiger partial charge in [0.05, 0.1) is 19.1 Å². The highest BCUT2D eigenvalue weighted by Gasteiger charge is 2.36. The van der Waals surface area contributed by atoms with Gasteiger partial charge in [-0.2, -0.15) is 15.1 Å². The maximum atomic E-state index is 13.1. The standard InChI is InChI=1S/C27H26FN5O4S/c1-36-22-14-18(7-10-21(22)37-16-17-5-8-19(28)9-6-17)13-20-25(29)33-27(30-26(20)35)38-23(31-33)15-24(34)32-11-3-2-4-12-32/h5-10,13-14,29H,2-4,11-12,15-16H2,1H3. The predicted molar refractivity (Wildman–Crippen MR) is 144 cm³/mol. The summed E-state index contributed by atoms with van der Waals surface area (Å²) in [6.45, 7) is 1.73. The van der Waals surface area contributed by atoms with Gasteiger partial charge in [-0.15, -0.1) is 0 Å². The number of piperidine rings is 1. The Morgan fingerprint density at radius 1 is 1.13 bits per heavy atom. The van der Waals surface area contributed by atoms with Gasteiger partial charge >= 0.3 is 0 Å². The maximum absolute atomic E-state index is 13.1. The number of nitrogens with zero attached hydrogens (tertiary/aromatic N) is 4. The third-order valence-electron chi connectivity index (χ3n) is 6.31. The quantitative estimate of drug-likeness (QED) is 0.526. The molecule has 0 bridgehead atoms.